The molecular weight excluding hydrogens is 1000 g/mol. The Labute approximate surface area is 426 Å². The number of unbranched alkanes of at least 4 members (excludes halogenated alkanes) is 4. The van der Waals surface area contributed by atoms with E-state index in [4.69, 9.17) is 0 Å². The minimum atomic E-state index is -4.54. The van der Waals surface area contributed by atoms with Gasteiger partial charge < -0.3 is 4.90 Å². The number of benzene rings is 3. The second-order valence-corrected chi connectivity index (χ2v) is 26.1. The fraction of sp³-hybridized carbons (Fsp3) is 0.472. The van der Waals surface area contributed by atoms with Gasteiger partial charge in [-0.25, -0.2) is 0 Å². The molecule has 72 heavy (non-hydrogen) atoms. The predicted octanol–water partition coefficient (Wildman–Crippen LogP) is 10.2. The molecule has 0 aromatic heterocycles. The van der Waals surface area contributed by atoms with Gasteiger partial charge in [0.15, 0.2) is 5.71 Å². The van der Waals surface area contributed by atoms with Crippen LogP contribution >= 0.6 is 0 Å². The van der Waals surface area contributed by atoms with Crippen molar-refractivity contribution in [3.63, 3.8) is 0 Å². The van der Waals surface area contributed by atoms with E-state index in [1.807, 2.05) is 55.4 Å². The van der Waals surface area contributed by atoms with E-state index in [1.165, 1.54) is 24.3 Å². The number of ketones is 1. The summed E-state index contributed by atoms with van der Waals surface area (Å²) < 4.78 is 137. The third-order valence-electron chi connectivity index (χ3n) is 14.0. The van der Waals surface area contributed by atoms with Crippen molar-refractivity contribution in [3.05, 3.63) is 124 Å². The standard InChI is InChI=1S/C53H68N2O13S4/c1-6-7-21-42(56)22-9-8-16-38-17-14-20-41(35-38)51-39(23-29-49-52(2,3)45-36-43(71(63,64)65)25-27-47(45)54(49)31-10-12-33-69(57,58)59)18-15-19-40(51)24-30-50-53(4,5)46-37-44(72(66,67)68)26-28-48(46)55(50)32-11-13-34-70(60,61)62/h14,17,20,23-30,35-37H,6-13,15-16,18-19,21-22,31-34H2,1-5H3,(H3-,57,58,59,60,61,62,63,64,65,66,67,68)/p+1. The maximum atomic E-state index is 12.5. The van der Waals surface area contributed by atoms with Crippen LogP contribution in [-0.2, 0) is 62.5 Å². The second-order valence-electron chi connectivity index (χ2n) is 20.1. The number of hydrogen-bond donors (Lipinski definition) is 4. The SMILES string of the molecule is CCCCC(=O)CCCCc1cccc(C2=C(/C=C/C3=[N+](CCCCS(=O)(=O)O)c4ccc(S(=O)(=O)O)cc4C3(C)C)CCC/C2=C/C=C2\N(CCCCS(=O)(=O)O)c3ccc(S(=O)(=O)O)cc3C2(C)C)c1. The number of fused-ring (bicyclic) bond motifs is 2. The van der Waals surface area contributed by atoms with Crippen LogP contribution in [0.1, 0.15) is 140 Å². The summed E-state index contributed by atoms with van der Waals surface area (Å²) in [6.07, 6.45) is 16.9. The zero-order chi connectivity index (χ0) is 52.9. The van der Waals surface area contributed by atoms with E-state index in [2.05, 4.69) is 37.3 Å². The van der Waals surface area contributed by atoms with Crippen LogP contribution in [0.5, 0.6) is 0 Å². The summed E-state index contributed by atoms with van der Waals surface area (Å²) in [6, 6.07) is 17.3. The molecule has 15 nitrogen and oxygen atoms in total. The van der Waals surface area contributed by atoms with Crippen LogP contribution in [0, 0.1) is 0 Å². The van der Waals surface area contributed by atoms with Gasteiger partial charge in [0, 0.05) is 60.3 Å². The third-order valence-corrected chi connectivity index (χ3v) is 17.3. The Morgan fingerprint density at radius 3 is 1.97 bits per heavy atom. The molecule has 392 valence electrons. The van der Waals surface area contributed by atoms with E-state index in [0.29, 0.717) is 74.1 Å². The average Bonchev–Trinajstić information content (AvgIpc) is 3.64. The first-order valence-corrected chi connectivity index (χ1v) is 30.7. The molecule has 19 heteroatoms. The molecule has 0 spiro atoms. The zero-order valence-corrected chi connectivity index (χ0v) is 45.1. The van der Waals surface area contributed by atoms with Gasteiger partial charge in [-0.1, -0.05) is 63.6 Å². The van der Waals surface area contributed by atoms with E-state index in [9.17, 15) is 56.7 Å². The van der Waals surface area contributed by atoms with Crippen molar-refractivity contribution in [1.29, 1.82) is 0 Å². The monoisotopic (exact) mass is 1070 g/mol. The van der Waals surface area contributed by atoms with Crippen molar-refractivity contribution in [2.24, 2.45) is 0 Å². The lowest BCUT2D eigenvalue weighted by molar-refractivity contribution is -0.438. The molecule has 0 unspecified atom stereocenters. The lowest BCUT2D eigenvalue weighted by Crippen LogP contribution is -2.28. The first kappa shape index (κ1) is 56.7. The van der Waals surface area contributed by atoms with Crippen molar-refractivity contribution in [1.82, 2.24) is 0 Å². The van der Waals surface area contributed by atoms with Crippen molar-refractivity contribution < 1.29 is 61.3 Å². The molecule has 1 aliphatic carbocycles. The minimum Gasteiger partial charge on any atom is -0.344 e. The first-order valence-electron chi connectivity index (χ1n) is 24.6. The largest absolute Gasteiger partial charge is 0.344 e. The van der Waals surface area contributed by atoms with E-state index in [1.54, 1.807) is 12.1 Å². The normalized spacial score (nSPS) is 18.2. The third kappa shape index (κ3) is 14.2. The number of allylic oxidation sites excluding steroid dienone is 8. The van der Waals surface area contributed by atoms with Gasteiger partial charge in [-0.3, -0.25) is 23.0 Å². The van der Waals surface area contributed by atoms with Crippen LogP contribution in [0.4, 0.5) is 11.4 Å². The smallest absolute Gasteiger partial charge is 0.294 e. The van der Waals surface area contributed by atoms with Crippen LogP contribution in [0.2, 0.25) is 0 Å². The Bertz CT molecular complexity index is 3180. The Kier molecular flexibility index (Phi) is 18.0. The Morgan fingerprint density at radius 1 is 0.681 bits per heavy atom. The highest BCUT2D eigenvalue weighted by molar-refractivity contribution is 7.86. The minimum absolute atomic E-state index is 0.182. The molecule has 6 rings (SSSR count). The quantitative estimate of drug-likeness (QED) is 0.0371. The molecule has 0 atom stereocenters. The molecule has 2 aliphatic heterocycles. The molecule has 0 bridgehead atoms. The molecule has 3 aromatic rings. The summed E-state index contributed by atoms with van der Waals surface area (Å²) in [7, 11) is -17.5. The molecule has 0 radical (unpaired) electrons. The average molecular weight is 1070 g/mol. The highest BCUT2D eigenvalue weighted by Gasteiger charge is 2.45. The van der Waals surface area contributed by atoms with Gasteiger partial charge in [0.2, 0.25) is 5.69 Å². The highest BCUT2D eigenvalue weighted by atomic mass is 32.2. The number of hydrogen-bond acceptors (Lipinski definition) is 10. The van der Waals surface area contributed by atoms with E-state index < -0.39 is 62.8 Å². The van der Waals surface area contributed by atoms with Gasteiger partial charge in [0.25, 0.3) is 40.5 Å². The van der Waals surface area contributed by atoms with Gasteiger partial charge in [-0.15, -0.1) is 0 Å². The van der Waals surface area contributed by atoms with Crippen LogP contribution < -0.4 is 4.90 Å². The van der Waals surface area contributed by atoms with Crippen molar-refractivity contribution in [2.75, 3.05) is 29.5 Å². The lowest BCUT2D eigenvalue weighted by atomic mass is 9.79. The zero-order valence-electron chi connectivity index (χ0n) is 41.8. The Hall–Kier alpha value is -4.60. The molecule has 2 heterocycles. The van der Waals surface area contributed by atoms with E-state index in [0.717, 1.165) is 77.8 Å². The van der Waals surface area contributed by atoms with E-state index in [-0.39, 0.29) is 28.4 Å². The topological polar surface area (TPSA) is 241 Å². The Morgan fingerprint density at radius 2 is 1.32 bits per heavy atom. The molecule has 0 fully saturated rings. The molecule has 4 N–H and O–H groups in total. The Balaban J connectivity index is 1.48. The van der Waals surface area contributed by atoms with Crippen molar-refractivity contribution >= 4 is 68.9 Å². The summed E-state index contributed by atoms with van der Waals surface area (Å²) >= 11 is 0. The molecule has 0 saturated heterocycles. The summed E-state index contributed by atoms with van der Waals surface area (Å²) in [5, 5.41) is 0. The predicted molar refractivity (Wildman–Crippen MR) is 282 cm³/mol. The molecule has 0 saturated carbocycles. The van der Waals surface area contributed by atoms with Crippen molar-refractivity contribution in [2.45, 2.75) is 145 Å². The number of carbonyl (C=O) groups is 1. The van der Waals surface area contributed by atoms with E-state index >= 15 is 0 Å². The van der Waals surface area contributed by atoms with Gasteiger partial charge in [0.1, 0.15) is 12.3 Å². The van der Waals surface area contributed by atoms with Gasteiger partial charge in [-0.2, -0.15) is 38.2 Å². The summed E-state index contributed by atoms with van der Waals surface area (Å²) in [4.78, 5) is 14.0. The summed E-state index contributed by atoms with van der Waals surface area (Å²) in [5.41, 5.74) is 7.88. The van der Waals surface area contributed by atoms with Crippen molar-refractivity contribution in [3.8, 4) is 0 Å². The maximum absolute atomic E-state index is 12.5. The number of rotatable bonds is 24. The van der Waals surface area contributed by atoms with Crippen LogP contribution in [0.3, 0.4) is 0 Å². The molecule has 3 aliphatic rings. The van der Waals surface area contributed by atoms with Gasteiger partial charge in [-0.05, 0) is 148 Å². The van der Waals surface area contributed by atoms with Crippen LogP contribution in [0.15, 0.2) is 112 Å². The first-order chi connectivity index (χ1) is 33.6. The number of carbonyl (C=O) groups excluding carboxylic acids is 1. The molecule has 3 aromatic carbocycles. The maximum Gasteiger partial charge on any atom is 0.294 e. The second kappa shape index (κ2) is 22.9. The lowest BCUT2D eigenvalue weighted by Gasteiger charge is -2.28. The fourth-order valence-electron chi connectivity index (χ4n) is 10.2. The molecule has 0 amide bonds. The summed E-state index contributed by atoms with van der Waals surface area (Å²) in [6.45, 7) is 10.6. The highest BCUT2D eigenvalue weighted by Crippen LogP contribution is 2.49. The van der Waals surface area contributed by atoms with Gasteiger partial charge >= 0.3 is 0 Å². The van der Waals surface area contributed by atoms with Gasteiger partial charge in [0.05, 0.1) is 26.7 Å². The number of aryl methyl sites for hydroxylation is 1. The summed E-state index contributed by atoms with van der Waals surface area (Å²) in [5.74, 6) is -0.547. The number of Topliss-reactive ketones (excluding diaryl/α,β-unsaturated/α-hetero) is 1. The fourth-order valence-corrected chi connectivity index (χ4v) is 12.4. The number of anilines is 1. The molecular formula is C53H69N2O13S4+. The van der Waals surface area contributed by atoms with Crippen LogP contribution in [-0.4, -0.2) is 92.5 Å². The van der Waals surface area contributed by atoms with Crippen LogP contribution in [0.25, 0.3) is 5.57 Å². The number of nitrogens with zero attached hydrogens (tertiary/aromatic N) is 2.